The number of carboxylic acids is 1. The van der Waals surface area contributed by atoms with Crippen molar-refractivity contribution < 1.29 is 14.3 Å². The molecule has 0 aliphatic heterocycles. The minimum absolute atomic E-state index is 0.197. The molecule has 0 atom stereocenters. The maximum atomic E-state index is 13.8. The number of hydrogen-bond acceptors (Lipinski definition) is 3. The third-order valence-electron chi connectivity index (χ3n) is 2.60. The zero-order valence-corrected chi connectivity index (χ0v) is 10.8. The van der Waals surface area contributed by atoms with Crippen LogP contribution in [-0.2, 0) is 0 Å². The summed E-state index contributed by atoms with van der Waals surface area (Å²) in [6.45, 7) is 0. The number of carbonyl (C=O) groups is 1. The average molecular weight is 291 g/mol. The van der Waals surface area contributed by atoms with Crippen molar-refractivity contribution in [2.45, 2.75) is 0 Å². The van der Waals surface area contributed by atoms with Crippen molar-refractivity contribution in [1.29, 1.82) is 5.26 Å². The Labute approximate surface area is 119 Å². The molecule has 0 saturated carbocycles. The van der Waals surface area contributed by atoms with Crippen LogP contribution in [0.25, 0.3) is 0 Å². The number of hydrogen-bond donors (Lipinski definition) is 2. The first kappa shape index (κ1) is 13.8. The Bertz CT molecular complexity index is 726. The molecule has 2 aromatic carbocycles. The van der Waals surface area contributed by atoms with E-state index in [9.17, 15) is 9.18 Å². The second-order valence-corrected chi connectivity index (χ2v) is 4.31. The van der Waals surface area contributed by atoms with Gasteiger partial charge in [0, 0.05) is 0 Å². The van der Waals surface area contributed by atoms with E-state index in [1.807, 2.05) is 6.07 Å². The van der Waals surface area contributed by atoms with Crippen LogP contribution < -0.4 is 5.32 Å². The Morgan fingerprint density at radius 2 is 2.10 bits per heavy atom. The Morgan fingerprint density at radius 1 is 1.35 bits per heavy atom. The van der Waals surface area contributed by atoms with Gasteiger partial charge in [0.05, 0.1) is 33.6 Å². The van der Waals surface area contributed by atoms with Crippen molar-refractivity contribution in [2.24, 2.45) is 0 Å². The zero-order chi connectivity index (χ0) is 14.7. The van der Waals surface area contributed by atoms with E-state index in [0.717, 1.165) is 6.07 Å². The molecule has 0 saturated heterocycles. The van der Waals surface area contributed by atoms with Gasteiger partial charge >= 0.3 is 5.97 Å². The van der Waals surface area contributed by atoms with Crippen LogP contribution in [0.5, 0.6) is 0 Å². The molecule has 0 fully saturated rings. The van der Waals surface area contributed by atoms with Gasteiger partial charge in [0.2, 0.25) is 0 Å². The quantitative estimate of drug-likeness (QED) is 0.902. The first-order valence-electron chi connectivity index (χ1n) is 5.51. The van der Waals surface area contributed by atoms with Gasteiger partial charge in [-0.25, -0.2) is 9.18 Å². The van der Waals surface area contributed by atoms with Crippen molar-refractivity contribution in [3.63, 3.8) is 0 Å². The molecule has 2 rings (SSSR count). The van der Waals surface area contributed by atoms with Gasteiger partial charge in [-0.1, -0.05) is 17.7 Å². The third kappa shape index (κ3) is 2.71. The second-order valence-electron chi connectivity index (χ2n) is 3.90. The highest BCUT2D eigenvalue weighted by Crippen LogP contribution is 2.29. The van der Waals surface area contributed by atoms with Crippen molar-refractivity contribution in [2.75, 3.05) is 5.32 Å². The number of benzene rings is 2. The van der Waals surface area contributed by atoms with Crippen LogP contribution in [0.2, 0.25) is 5.02 Å². The molecule has 4 nitrogen and oxygen atoms in total. The van der Waals surface area contributed by atoms with Crippen molar-refractivity contribution in [1.82, 2.24) is 0 Å². The SMILES string of the molecule is N#Cc1ccc(Cl)c(Nc2c(F)cccc2C(=O)O)c1. The monoisotopic (exact) mass is 290 g/mol. The van der Waals surface area contributed by atoms with Crippen LogP contribution in [0, 0.1) is 17.1 Å². The molecule has 2 aromatic rings. The summed E-state index contributed by atoms with van der Waals surface area (Å²) >= 11 is 5.95. The first-order valence-corrected chi connectivity index (χ1v) is 5.89. The maximum absolute atomic E-state index is 13.8. The lowest BCUT2D eigenvalue weighted by molar-refractivity contribution is 0.0697. The molecule has 0 bridgehead atoms. The van der Waals surface area contributed by atoms with Crippen molar-refractivity contribution in [3.05, 3.63) is 58.4 Å². The predicted octanol–water partition coefficient (Wildman–Crippen LogP) is 3.79. The van der Waals surface area contributed by atoms with Crippen LogP contribution in [0.15, 0.2) is 36.4 Å². The molecule has 6 heteroatoms. The molecule has 0 aliphatic carbocycles. The van der Waals surface area contributed by atoms with Gasteiger partial charge < -0.3 is 10.4 Å². The number of halogens is 2. The lowest BCUT2D eigenvalue weighted by Gasteiger charge is -2.12. The molecule has 0 amide bonds. The topological polar surface area (TPSA) is 73.1 Å². The Morgan fingerprint density at radius 3 is 2.75 bits per heavy atom. The molecule has 0 spiro atoms. The Kier molecular flexibility index (Phi) is 3.87. The summed E-state index contributed by atoms with van der Waals surface area (Å²) in [6, 6.07) is 10.0. The molecule has 0 aliphatic rings. The van der Waals surface area contributed by atoms with Crippen LogP contribution in [0.4, 0.5) is 15.8 Å². The summed E-state index contributed by atoms with van der Waals surface area (Å²) in [5.74, 6) is -1.98. The number of nitriles is 1. The van der Waals surface area contributed by atoms with Crippen LogP contribution >= 0.6 is 11.6 Å². The molecule has 0 aromatic heterocycles. The van der Waals surface area contributed by atoms with E-state index in [2.05, 4.69) is 5.32 Å². The molecule has 100 valence electrons. The van der Waals surface area contributed by atoms with Gasteiger partial charge in [0.25, 0.3) is 0 Å². The highest BCUT2D eigenvalue weighted by atomic mass is 35.5. The highest BCUT2D eigenvalue weighted by molar-refractivity contribution is 6.33. The Balaban J connectivity index is 2.50. The standard InChI is InChI=1S/C14H8ClFN2O2/c15-10-5-4-8(7-17)6-12(10)18-13-9(14(19)20)2-1-3-11(13)16/h1-6,18H,(H,19,20). The fraction of sp³-hybridized carbons (Fsp3) is 0. The number of para-hydroxylation sites is 1. The normalized spacial score (nSPS) is 9.85. The molecule has 0 heterocycles. The number of nitrogens with one attached hydrogen (secondary N) is 1. The van der Waals surface area contributed by atoms with E-state index in [1.54, 1.807) is 0 Å². The van der Waals surface area contributed by atoms with Gasteiger partial charge in [0.15, 0.2) is 0 Å². The molecular weight excluding hydrogens is 283 g/mol. The number of rotatable bonds is 3. The minimum atomic E-state index is -1.26. The van der Waals surface area contributed by atoms with Crippen LogP contribution in [-0.4, -0.2) is 11.1 Å². The van der Waals surface area contributed by atoms with Gasteiger partial charge in [-0.15, -0.1) is 0 Å². The van der Waals surface area contributed by atoms with E-state index in [-0.39, 0.29) is 22.0 Å². The molecule has 0 radical (unpaired) electrons. The summed E-state index contributed by atoms with van der Waals surface area (Å²) < 4.78 is 13.8. The van der Waals surface area contributed by atoms with E-state index < -0.39 is 11.8 Å². The summed E-state index contributed by atoms with van der Waals surface area (Å²) in [6.07, 6.45) is 0. The van der Waals surface area contributed by atoms with Gasteiger partial charge in [-0.3, -0.25) is 0 Å². The van der Waals surface area contributed by atoms with Gasteiger partial charge in [-0.2, -0.15) is 5.26 Å². The smallest absolute Gasteiger partial charge is 0.337 e. The van der Waals surface area contributed by atoms with Gasteiger partial charge in [-0.05, 0) is 30.3 Å². The highest BCUT2D eigenvalue weighted by Gasteiger charge is 2.15. The van der Waals surface area contributed by atoms with Crippen molar-refractivity contribution >= 4 is 28.9 Å². The zero-order valence-electron chi connectivity index (χ0n) is 10.0. The molecule has 0 unspecified atom stereocenters. The number of anilines is 2. The fourth-order valence-electron chi connectivity index (χ4n) is 1.65. The summed E-state index contributed by atoms with van der Waals surface area (Å²) in [4.78, 5) is 11.1. The van der Waals surface area contributed by atoms with Gasteiger partial charge in [0.1, 0.15) is 5.82 Å². The molecular formula is C14H8ClFN2O2. The van der Waals surface area contributed by atoms with E-state index >= 15 is 0 Å². The van der Waals surface area contributed by atoms with Crippen LogP contribution in [0.3, 0.4) is 0 Å². The maximum Gasteiger partial charge on any atom is 0.337 e. The van der Waals surface area contributed by atoms with Crippen LogP contribution in [0.1, 0.15) is 15.9 Å². The molecule has 20 heavy (non-hydrogen) atoms. The third-order valence-corrected chi connectivity index (χ3v) is 2.93. The predicted molar refractivity (Wildman–Crippen MR) is 72.8 cm³/mol. The molecule has 2 N–H and O–H groups in total. The van der Waals surface area contributed by atoms with E-state index in [4.69, 9.17) is 22.0 Å². The summed E-state index contributed by atoms with van der Waals surface area (Å²) in [5, 5.41) is 20.8. The first-order chi connectivity index (χ1) is 9.52. The summed E-state index contributed by atoms with van der Waals surface area (Å²) in [5.41, 5.74) is 0.170. The number of aromatic carboxylic acids is 1. The largest absolute Gasteiger partial charge is 0.478 e. The minimum Gasteiger partial charge on any atom is -0.478 e. The lowest BCUT2D eigenvalue weighted by Crippen LogP contribution is -2.05. The lowest BCUT2D eigenvalue weighted by atomic mass is 10.1. The summed E-state index contributed by atoms with van der Waals surface area (Å²) in [7, 11) is 0. The van der Waals surface area contributed by atoms with Crippen molar-refractivity contribution in [3.8, 4) is 6.07 Å². The van der Waals surface area contributed by atoms with E-state index in [0.29, 0.717) is 5.56 Å². The average Bonchev–Trinajstić information content (AvgIpc) is 2.43. The second kappa shape index (κ2) is 5.59. The number of carboxylic acid groups (broad SMARTS) is 1. The number of nitrogens with zero attached hydrogens (tertiary/aromatic N) is 1. The Hall–Kier alpha value is -2.58. The fourth-order valence-corrected chi connectivity index (χ4v) is 1.82. The van der Waals surface area contributed by atoms with E-state index in [1.165, 1.54) is 30.3 Å².